The third kappa shape index (κ3) is 5.21. The van der Waals surface area contributed by atoms with Gasteiger partial charge in [-0.2, -0.15) is 11.8 Å². The zero-order chi connectivity index (χ0) is 12.0. The topological polar surface area (TPSA) is 49.3 Å². The number of hydrogen-bond donors (Lipinski definition) is 2. The van der Waals surface area contributed by atoms with E-state index in [1.807, 2.05) is 11.8 Å². The molecule has 0 aromatic heterocycles. The van der Waals surface area contributed by atoms with Crippen molar-refractivity contribution in [2.75, 3.05) is 5.75 Å². The lowest BCUT2D eigenvalue weighted by molar-refractivity contribution is -0.122. The summed E-state index contributed by atoms with van der Waals surface area (Å²) in [6, 6.07) is 0.366. The average Bonchev–Trinajstić information content (AvgIpc) is 2.63. The summed E-state index contributed by atoms with van der Waals surface area (Å²) in [4.78, 5) is 11.5. The summed E-state index contributed by atoms with van der Waals surface area (Å²) in [5.74, 6) is 1.25. The smallest absolute Gasteiger partial charge is 0.220 e. The van der Waals surface area contributed by atoms with Gasteiger partial charge in [-0.3, -0.25) is 4.79 Å². The van der Waals surface area contributed by atoms with E-state index < -0.39 is 0 Å². The Morgan fingerprint density at radius 1 is 1.56 bits per heavy atom. The van der Waals surface area contributed by atoms with Gasteiger partial charge >= 0.3 is 0 Å². The lowest BCUT2D eigenvalue weighted by atomic mass is 10.2. The van der Waals surface area contributed by atoms with Crippen LogP contribution in [0.15, 0.2) is 0 Å². The van der Waals surface area contributed by atoms with Crippen LogP contribution in [0.4, 0.5) is 0 Å². The molecule has 94 valence electrons. The minimum Gasteiger partial charge on any atom is -0.393 e. The highest BCUT2D eigenvalue weighted by Crippen LogP contribution is 2.29. The van der Waals surface area contributed by atoms with Crippen molar-refractivity contribution in [2.45, 2.75) is 63.3 Å². The van der Waals surface area contributed by atoms with Crippen LogP contribution in [0.2, 0.25) is 0 Å². The predicted molar refractivity (Wildman–Crippen MR) is 68.6 cm³/mol. The molecule has 0 heterocycles. The molecule has 1 aliphatic carbocycles. The summed E-state index contributed by atoms with van der Waals surface area (Å²) in [5, 5.41) is 12.9. The highest BCUT2D eigenvalue weighted by molar-refractivity contribution is 7.99. The molecular weight excluding hydrogens is 222 g/mol. The number of aliphatic hydroxyl groups is 1. The third-order valence-electron chi connectivity index (χ3n) is 2.94. The molecule has 0 aromatic rings. The van der Waals surface area contributed by atoms with E-state index in [-0.39, 0.29) is 12.0 Å². The van der Waals surface area contributed by atoms with Gasteiger partial charge < -0.3 is 10.4 Å². The quantitative estimate of drug-likeness (QED) is 0.752. The maximum atomic E-state index is 11.5. The Hall–Kier alpha value is -0.220. The molecule has 1 amide bonds. The van der Waals surface area contributed by atoms with Gasteiger partial charge in [-0.15, -0.1) is 0 Å². The van der Waals surface area contributed by atoms with Gasteiger partial charge in [-0.25, -0.2) is 0 Å². The SMILES string of the molecule is CCSC1CCC(NC(=O)CCC(C)O)C1. The zero-order valence-electron chi connectivity index (χ0n) is 10.2. The van der Waals surface area contributed by atoms with Gasteiger partial charge in [-0.1, -0.05) is 6.92 Å². The Morgan fingerprint density at radius 2 is 2.31 bits per heavy atom. The number of nitrogens with one attached hydrogen (secondary N) is 1. The number of amides is 1. The van der Waals surface area contributed by atoms with Gasteiger partial charge in [0, 0.05) is 17.7 Å². The highest BCUT2D eigenvalue weighted by atomic mass is 32.2. The van der Waals surface area contributed by atoms with Crippen LogP contribution in [-0.4, -0.2) is 34.2 Å². The Bertz CT molecular complexity index is 221. The highest BCUT2D eigenvalue weighted by Gasteiger charge is 2.25. The first kappa shape index (κ1) is 13.8. The molecule has 3 unspecified atom stereocenters. The number of aliphatic hydroxyl groups excluding tert-OH is 1. The average molecular weight is 245 g/mol. The molecule has 0 bridgehead atoms. The molecule has 0 aromatic carbocycles. The minimum absolute atomic E-state index is 0.0908. The first-order valence-corrected chi connectivity index (χ1v) is 7.25. The molecule has 3 nitrogen and oxygen atoms in total. The largest absolute Gasteiger partial charge is 0.393 e. The van der Waals surface area contributed by atoms with Crippen molar-refractivity contribution in [1.82, 2.24) is 5.32 Å². The first-order valence-electron chi connectivity index (χ1n) is 6.20. The zero-order valence-corrected chi connectivity index (χ0v) is 11.1. The minimum atomic E-state index is -0.377. The Balaban J connectivity index is 2.15. The number of thioether (sulfide) groups is 1. The Kier molecular flexibility index (Phi) is 6.21. The van der Waals surface area contributed by atoms with Crippen LogP contribution in [0.25, 0.3) is 0 Å². The van der Waals surface area contributed by atoms with E-state index in [2.05, 4.69) is 12.2 Å². The summed E-state index contributed by atoms with van der Waals surface area (Å²) in [5.41, 5.74) is 0. The fraction of sp³-hybridized carbons (Fsp3) is 0.917. The molecule has 1 fully saturated rings. The second-order valence-electron chi connectivity index (χ2n) is 4.54. The summed E-state index contributed by atoms with van der Waals surface area (Å²) >= 11 is 2.00. The molecule has 1 saturated carbocycles. The molecule has 1 rings (SSSR count). The van der Waals surface area contributed by atoms with Crippen molar-refractivity contribution in [1.29, 1.82) is 0 Å². The molecule has 0 saturated heterocycles. The van der Waals surface area contributed by atoms with Crippen LogP contribution < -0.4 is 5.32 Å². The van der Waals surface area contributed by atoms with Crippen LogP contribution >= 0.6 is 11.8 Å². The molecule has 0 spiro atoms. The summed E-state index contributed by atoms with van der Waals surface area (Å²) in [6.45, 7) is 3.90. The van der Waals surface area contributed by atoms with E-state index in [9.17, 15) is 4.79 Å². The van der Waals surface area contributed by atoms with Crippen molar-refractivity contribution < 1.29 is 9.90 Å². The van der Waals surface area contributed by atoms with Crippen LogP contribution in [-0.2, 0) is 4.79 Å². The molecular formula is C12H23NO2S. The molecule has 4 heteroatoms. The third-order valence-corrected chi connectivity index (χ3v) is 4.17. The van der Waals surface area contributed by atoms with E-state index in [1.165, 1.54) is 6.42 Å². The lowest BCUT2D eigenvalue weighted by Crippen LogP contribution is -2.33. The lowest BCUT2D eigenvalue weighted by Gasteiger charge is -2.13. The number of carbonyl (C=O) groups is 1. The van der Waals surface area contributed by atoms with Gasteiger partial charge in [0.15, 0.2) is 0 Å². The molecule has 2 N–H and O–H groups in total. The monoisotopic (exact) mass is 245 g/mol. The second kappa shape index (κ2) is 7.17. The van der Waals surface area contributed by atoms with Crippen molar-refractivity contribution >= 4 is 17.7 Å². The van der Waals surface area contributed by atoms with E-state index >= 15 is 0 Å². The maximum absolute atomic E-state index is 11.5. The second-order valence-corrected chi connectivity index (χ2v) is 6.12. The molecule has 0 radical (unpaired) electrons. The Morgan fingerprint density at radius 3 is 2.94 bits per heavy atom. The molecule has 0 aliphatic heterocycles. The fourth-order valence-electron chi connectivity index (χ4n) is 2.10. The predicted octanol–water partition coefficient (Wildman–Crippen LogP) is 1.94. The van der Waals surface area contributed by atoms with Crippen LogP contribution in [0.5, 0.6) is 0 Å². The van der Waals surface area contributed by atoms with Gasteiger partial charge in [0.1, 0.15) is 0 Å². The van der Waals surface area contributed by atoms with Crippen molar-refractivity contribution in [2.24, 2.45) is 0 Å². The normalized spacial score (nSPS) is 26.7. The molecule has 3 atom stereocenters. The Labute approximate surface area is 102 Å². The van der Waals surface area contributed by atoms with Gasteiger partial charge in [0.2, 0.25) is 5.91 Å². The summed E-state index contributed by atoms with van der Waals surface area (Å²) in [7, 11) is 0. The van der Waals surface area contributed by atoms with Crippen LogP contribution in [0, 0.1) is 0 Å². The standard InChI is InChI=1S/C12H23NO2S/c1-3-16-11-6-5-10(8-11)13-12(15)7-4-9(2)14/h9-11,14H,3-8H2,1-2H3,(H,13,15). The van der Waals surface area contributed by atoms with Crippen LogP contribution in [0.3, 0.4) is 0 Å². The molecule has 16 heavy (non-hydrogen) atoms. The van der Waals surface area contributed by atoms with Gasteiger partial charge in [-0.05, 0) is 38.4 Å². The van der Waals surface area contributed by atoms with Gasteiger partial charge in [0.05, 0.1) is 6.10 Å². The number of carbonyl (C=O) groups excluding carboxylic acids is 1. The van der Waals surface area contributed by atoms with Gasteiger partial charge in [0.25, 0.3) is 0 Å². The van der Waals surface area contributed by atoms with E-state index in [0.29, 0.717) is 18.9 Å². The van der Waals surface area contributed by atoms with Crippen molar-refractivity contribution in [3.63, 3.8) is 0 Å². The van der Waals surface area contributed by atoms with E-state index in [4.69, 9.17) is 5.11 Å². The van der Waals surface area contributed by atoms with Crippen molar-refractivity contribution in [3.8, 4) is 0 Å². The van der Waals surface area contributed by atoms with Crippen molar-refractivity contribution in [3.05, 3.63) is 0 Å². The van der Waals surface area contributed by atoms with Crippen LogP contribution in [0.1, 0.15) is 46.0 Å². The fourth-order valence-corrected chi connectivity index (χ4v) is 3.24. The summed E-state index contributed by atoms with van der Waals surface area (Å²) < 4.78 is 0. The van der Waals surface area contributed by atoms with E-state index in [0.717, 1.165) is 23.8 Å². The van der Waals surface area contributed by atoms with E-state index in [1.54, 1.807) is 6.92 Å². The maximum Gasteiger partial charge on any atom is 0.220 e. The summed E-state index contributed by atoms with van der Waals surface area (Å²) in [6.07, 6.45) is 4.07. The molecule has 1 aliphatic rings. The number of rotatable bonds is 6. The first-order chi connectivity index (χ1) is 7.61. The number of hydrogen-bond acceptors (Lipinski definition) is 3.